The molecule has 1 atom stereocenters. The van der Waals surface area contributed by atoms with Gasteiger partial charge >= 0.3 is 0 Å². The molecule has 2 aromatic heterocycles. The molecule has 1 unspecified atom stereocenters. The van der Waals surface area contributed by atoms with Crippen molar-refractivity contribution in [1.82, 2.24) is 5.32 Å². The average Bonchev–Trinajstić information content (AvgIpc) is 3.10. The highest BCUT2D eigenvalue weighted by Gasteiger charge is 2.17. The first-order chi connectivity index (χ1) is 9.81. The molecule has 0 aromatic carbocycles. The van der Waals surface area contributed by atoms with Crippen LogP contribution >= 0.6 is 22.9 Å². The lowest BCUT2D eigenvalue weighted by atomic mass is 10.2. The zero-order valence-electron chi connectivity index (χ0n) is 11.6. The van der Waals surface area contributed by atoms with Crippen LogP contribution in [0.25, 0.3) is 0 Å². The SMILES string of the molecule is CCCOCCCNC(c1ccco1)c1ccc(Cl)s1. The van der Waals surface area contributed by atoms with Gasteiger partial charge in [-0.1, -0.05) is 18.5 Å². The Morgan fingerprint density at radius 3 is 2.90 bits per heavy atom. The summed E-state index contributed by atoms with van der Waals surface area (Å²) >= 11 is 7.60. The maximum absolute atomic E-state index is 6.02. The smallest absolute Gasteiger partial charge is 0.126 e. The van der Waals surface area contributed by atoms with E-state index in [9.17, 15) is 0 Å². The van der Waals surface area contributed by atoms with E-state index in [2.05, 4.69) is 12.2 Å². The third kappa shape index (κ3) is 4.63. The van der Waals surface area contributed by atoms with Crippen molar-refractivity contribution in [2.75, 3.05) is 19.8 Å². The number of hydrogen-bond acceptors (Lipinski definition) is 4. The molecule has 20 heavy (non-hydrogen) atoms. The van der Waals surface area contributed by atoms with Gasteiger partial charge in [-0.15, -0.1) is 11.3 Å². The van der Waals surface area contributed by atoms with E-state index < -0.39 is 0 Å². The summed E-state index contributed by atoms with van der Waals surface area (Å²) in [4.78, 5) is 1.17. The van der Waals surface area contributed by atoms with Gasteiger partial charge in [0, 0.05) is 18.1 Å². The van der Waals surface area contributed by atoms with Crippen LogP contribution in [0.3, 0.4) is 0 Å². The second-order valence-electron chi connectivity index (χ2n) is 4.51. The van der Waals surface area contributed by atoms with Crippen molar-refractivity contribution in [3.8, 4) is 0 Å². The average molecular weight is 314 g/mol. The van der Waals surface area contributed by atoms with Gasteiger partial charge in [-0.25, -0.2) is 0 Å². The molecule has 0 bridgehead atoms. The summed E-state index contributed by atoms with van der Waals surface area (Å²) in [6, 6.07) is 7.92. The topological polar surface area (TPSA) is 34.4 Å². The van der Waals surface area contributed by atoms with Gasteiger partial charge in [0.1, 0.15) is 11.8 Å². The highest BCUT2D eigenvalue weighted by molar-refractivity contribution is 7.16. The van der Waals surface area contributed by atoms with Gasteiger partial charge in [0.2, 0.25) is 0 Å². The van der Waals surface area contributed by atoms with Gasteiger partial charge in [-0.05, 0) is 43.7 Å². The molecule has 0 fully saturated rings. The molecular formula is C15H20ClNO2S. The fraction of sp³-hybridized carbons (Fsp3) is 0.467. The zero-order chi connectivity index (χ0) is 14.2. The maximum atomic E-state index is 6.02. The first-order valence-electron chi connectivity index (χ1n) is 6.91. The summed E-state index contributed by atoms with van der Waals surface area (Å²) < 4.78 is 11.8. The molecule has 0 amide bonds. The number of halogens is 1. The normalized spacial score (nSPS) is 12.7. The third-order valence-electron chi connectivity index (χ3n) is 2.87. The van der Waals surface area contributed by atoms with Crippen molar-refractivity contribution in [2.24, 2.45) is 0 Å². The van der Waals surface area contributed by atoms with E-state index in [1.165, 1.54) is 4.88 Å². The van der Waals surface area contributed by atoms with Crippen molar-refractivity contribution in [3.05, 3.63) is 45.5 Å². The fourth-order valence-electron chi connectivity index (χ4n) is 1.95. The molecular weight excluding hydrogens is 294 g/mol. The number of hydrogen-bond donors (Lipinski definition) is 1. The number of ether oxygens (including phenoxy) is 1. The van der Waals surface area contributed by atoms with Crippen LogP contribution in [0, 0.1) is 0 Å². The number of rotatable bonds is 9. The predicted octanol–water partition coefficient (Wildman–Crippen LogP) is 4.49. The van der Waals surface area contributed by atoms with Gasteiger partial charge in [0.05, 0.1) is 10.6 Å². The van der Waals surface area contributed by atoms with Crippen molar-refractivity contribution in [3.63, 3.8) is 0 Å². The minimum absolute atomic E-state index is 0.0636. The molecule has 0 spiro atoms. The molecule has 0 aliphatic heterocycles. The van der Waals surface area contributed by atoms with Crippen molar-refractivity contribution in [2.45, 2.75) is 25.8 Å². The first kappa shape index (κ1) is 15.6. The Hall–Kier alpha value is -0.810. The first-order valence-corrected chi connectivity index (χ1v) is 8.10. The van der Waals surface area contributed by atoms with Crippen LogP contribution < -0.4 is 5.32 Å². The van der Waals surface area contributed by atoms with Gasteiger partial charge < -0.3 is 14.5 Å². The lowest BCUT2D eigenvalue weighted by Gasteiger charge is -2.15. The van der Waals surface area contributed by atoms with E-state index in [1.807, 2.05) is 24.3 Å². The van der Waals surface area contributed by atoms with Crippen molar-refractivity contribution >= 4 is 22.9 Å². The third-order valence-corrected chi connectivity index (χ3v) is 4.16. The quantitative estimate of drug-likeness (QED) is 0.693. The van der Waals surface area contributed by atoms with Gasteiger partial charge in [0.25, 0.3) is 0 Å². The van der Waals surface area contributed by atoms with Crippen molar-refractivity contribution < 1.29 is 9.15 Å². The van der Waals surface area contributed by atoms with Crippen LogP contribution in [0.1, 0.15) is 36.4 Å². The van der Waals surface area contributed by atoms with Crippen LogP contribution in [0.15, 0.2) is 34.9 Å². The summed E-state index contributed by atoms with van der Waals surface area (Å²) in [5.41, 5.74) is 0. The standard InChI is InChI=1S/C15H20ClNO2S/c1-2-9-18-10-4-8-17-15(12-5-3-11-19-12)13-6-7-14(16)20-13/h3,5-7,11,15,17H,2,4,8-10H2,1H3. The van der Waals surface area contributed by atoms with Gasteiger partial charge in [0.15, 0.2) is 0 Å². The van der Waals surface area contributed by atoms with E-state index in [-0.39, 0.29) is 6.04 Å². The van der Waals surface area contributed by atoms with E-state index in [0.717, 1.165) is 42.7 Å². The Bertz CT molecular complexity index is 484. The van der Waals surface area contributed by atoms with Gasteiger partial charge in [-0.3, -0.25) is 0 Å². The molecule has 0 radical (unpaired) electrons. The summed E-state index contributed by atoms with van der Waals surface area (Å²) in [5.74, 6) is 0.915. The molecule has 0 saturated heterocycles. The minimum atomic E-state index is 0.0636. The second kappa shape index (κ2) is 8.47. The van der Waals surface area contributed by atoms with E-state index in [0.29, 0.717) is 0 Å². The van der Waals surface area contributed by atoms with E-state index in [4.69, 9.17) is 20.8 Å². The lowest BCUT2D eigenvalue weighted by Crippen LogP contribution is -2.23. The second-order valence-corrected chi connectivity index (χ2v) is 6.26. The molecule has 0 saturated carbocycles. The zero-order valence-corrected chi connectivity index (χ0v) is 13.2. The van der Waals surface area contributed by atoms with E-state index >= 15 is 0 Å². The Labute approximate surface area is 128 Å². The molecule has 2 aromatic rings. The largest absolute Gasteiger partial charge is 0.467 e. The molecule has 0 aliphatic rings. The Morgan fingerprint density at radius 1 is 1.35 bits per heavy atom. The molecule has 0 aliphatic carbocycles. The minimum Gasteiger partial charge on any atom is -0.467 e. The number of nitrogens with one attached hydrogen (secondary N) is 1. The molecule has 3 nitrogen and oxygen atoms in total. The summed E-state index contributed by atoms with van der Waals surface area (Å²) in [6.45, 7) is 4.62. The molecule has 2 heterocycles. The molecule has 2 rings (SSSR count). The molecule has 5 heteroatoms. The highest BCUT2D eigenvalue weighted by atomic mass is 35.5. The van der Waals surface area contributed by atoms with Gasteiger partial charge in [-0.2, -0.15) is 0 Å². The monoisotopic (exact) mass is 313 g/mol. The van der Waals surface area contributed by atoms with Crippen molar-refractivity contribution in [1.29, 1.82) is 0 Å². The predicted molar refractivity (Wildman–Crippen MR) is 83.6 cm³/mol. The fourth-order valence-corrected chi connectivity index (χ4v) is 3.09. The summed E-state index contributed by atoms with van der Waals surface area (Å²) in [7, 11) is 0. The Morgan fingerprint density at radius 2 is 2.25 bits per heavy atom. The highest BCUT2D eigenvalue weighted by Crippen LogP contribution is 2.31. The van der Waals surface area contributed by atoms with Crippen LogP contribution in [-0.4, -0.2) is 19.8 Å². The van der Waals surface area contributed by atoms with Crippen LogP contribution in [-0.2, 0) is 4.74 Å². The number of thiophene rings is 1. The summed E-state index contributed by atoms with van der Waals surface area (Å²) in [6.07, 6.45) is 3.75. The lowest BCUT2D eigenvalue weighted by molar-refractivity contribution is 0.132. The summed E-state index contributed by atoms with van der Waals surface area (Å²) in [5, 5.41) is 3.51. The Balaban J connectivity index is 1.88. The van der Waals surface area contributed by atoms with Crippen LogP contribution in [0.5, 0.6) is 0 Å². The van der Waals surface area contributed by atoms with E-state index in [1.54, 1.807) is 17.6 Å². The molecule has 1 N–H and O–H groups in total. The maximum Gasteiger partial charge on any atom is 0.126 e. The van der Waals surface area contributed by atoms with Crippen LogP contribution in [0.4, 0.5) is 0 Å². The van der Waals surface area contributed by atoms with Crippen LogP contribution in [0.2, 0.25) is 4.34 Å². The number of furan rings is 1. The molecule has 110 valence electrons. The Kier molecular flexibility index (Phi) is 6.60.